The van der Waals surface area contributed by atoms with Crippen LogP contribution in [-0.4, -0.2) is 143 Å². The summed E-state index contributed by atoms with van der Waals surface area (Å²) in [6, 6.07) is -4.37. The minimum absolute atomic E-state index is 0.0163. The van der Waals surface area contributed by atoms with Gasteiger partial charge >= 0.3 is 0 Å². The van der Waals surface area contributed by atoms with Gasteiger partial charge in [-0.25, -0.2) is 0 Å². The Kier molecular flexibility index (Phi) is 21.8. The van der Waals surface area contributed by atoms with E-state index in [9.17, 15) is 62.6 Å². The largest absolute Gasteiger partial charge is 0.508 e. The number of hydrogen-bond donors (Lipinski definition) is 12. The number of nitrogens with two attached hydrogens (primary N) is 3. The van der Waals surface area contributed by atoms with Crippen molar-refractivity contribution < 1.29 is 62.6 Å². The van der Waals surface area contributed by atoms with Crippen molar-refractivity contribution in [2.45, 2.75) is 134 Å². The molecule has 380 valence electrons. The van der Waals surface area contributed by atoms with Gasteiger partial charge in [0.15, 0.2) is 0 Å². The van der Waals surface area contributed by atoms with Crippen LogP contribution in [0.15, 0.2) is 24.3 Å². The van der Waals surface area contributed by atoms with Gasteiger partial charge in [-0.3, -0.25) is 57.5 Å². The Balaban J connectivity index is 2.06. The maximum absolute atomic E-state index is 14.4. The molecule has 0 aliphatic carbocycles. The average Bonchev–Trinajstić information content (AvgIpc) is 3.78. The predicted molar refractivity (Wildman–Crippen MR) is 244 cm³/mol. The monoisotopic (exact) mass is 970 g/mol. The zero-order chi connectivity index (χ0) is 51.5. The molecule has 0 saturated carbocycles. The lowest BCUT2D eigenvalue weighted by atomic mass is 9.96. The number of carbonyl (C=O) groups excluding carboxylic acids is 12. The second-order valence-electron chi connectivity index (χ2n) is 17.6. The zero-order valence-corrected chi connectivity index (χ0v) is 39.2. The SMILES string of the molecule is CC[C@H](C)[C@H]1NC(=O)[C@H](Cc2ccc(O)cc2)NC(=O)CNC(=O)CC[C@@H](C(=O)N2CCC[C@H]2C(=O)N[C@@H](CC(C)C)C(=O)NCC(N)=O)NC(=O)[C@H](CC(N)=O)NC(=O)[C@H](CCC(N)=O)NC1=O. The molecular formula is C44H66N12O13. The number of rotatable bonds is 17. The molecule has 0 unspecified atom stereocenters. The highest BCUT2D eigenvalue weighted by atomic mass is 16.3. The van der Waals surface area contributed by atoms with Crippen molar-refractivity contribution in [3.63, 3.8) is 0 Å². The molecule has 0 spiro atoms. The molecule has 0 bridgehead atoms. The number of hydrogen-bond acceptors (Lipinski definition) is 13. The fourth-order valence-corrected chi connectivity index (χ4v) is 7.62. The lowest BCUT2D eigenvalue weighted by Gasteiger charge is -2.31. The summed E-state index contributed by atoms with van der Waals surface area (Å²) in [6.45, 7) is 5.76. The number of nitrogens with zero attached hydrogens (tertiary/aromatic N) is 1. The van der Waals surface area contributed by atoms with Gasteiger partial charge in [-0.2, -0.15) is 0 Å². The van der Waals surface area contributed by atoms with E-state index in [4.69, 9.17) is 17.2 Å². The first kappa shape index (κ1) is 56.0. The van der Waals surface area contributed by atoms with Crippen molar-refractivity contribution in [3.05, 3.63) is 29.8 Å². The third-order valence-electron chi connectivity index (χ3n) is 11.5. The van der Waals surface area contributed by atoms with Crippen molar-refractivity contribution in [3.8, 4) is 5.75 Å². The predicted octanol–water partition coefficient (Wildman–Crippen LogP) is -4.42. The van der Waals surface area contributed by atoms with Crippen LogP contribution in [0, 0.1) is 11.8 Å². The molecule has 15 N–H and O–H groups in total. The van der Waals surface area contributed by atoms with Crippen LogP contribution < -0.4 is 59.7 Å². The summed E-state index contributed by atoms with van der Waals surface area (Å²) in [5.41, 5.74) is 16.5. The van der Waals surface area contributed by atoms with E-state index in [1.54, 1.807) is 27.7 Å². The number of likely N-dealkylation sites (tertiary alicyclic amines) is 1. The van der Waals surface area contributed by atoms with Gasteiger partial charge in [0.25, 0.3) is 0 Å². The Bertz CT molecular complexity index is 2080. The highest BCUT2D eigenvalue weighted by Gasteiger charge is 2.41. The standard InChI is InChI=1S/C44H66N12O13/c1-5-23(4)37-43(68)51-26(12-14-32(45)58)39(64)53-30(19-33(46)59)40(65)52-27(13-15-35(61)48-21-36(62)50-29(41(66)55-37)18-24-8-10-25(57)11-9-24)44(69)56-16-6-7-31(56)42(67)54-28(17-22(2)3)38(63)49-20-34(47)60/h8-11,22-23,26-31,37,57H,5-7,12-21H2,1-4H3,(H2,45,58)(H2,46,59)(H2,47,60)(H,48,61)(H,49,63)(H,50,62)(H,51,68)(H,52,65)(H,53,64)(H,54,67)(H,55,66)/t23-,26-,27-,28-,29-,30-,31-,37+/m0/s1. The van der Waals surface area contributed by atoms with E-state index >= 15 is 0 Å². The first-order chi connectivity index (χ1) is 32.5. The first-order valence-corrected chi connectivity index (χ1v) is 22.8. The number of benzene rings is 1. The van der Waals surface area contributed by atoms with Crippen molar-refractivity contribution in [1.29, 1.82) is 0 Å². The molecule has 2 saturated heterocycles. The van der Waals surface area contributed by atoms with Gasteiger partial charge < -0.3 is 69.7 Å². The molecule has 25 heteroatoms. The second-order valence-corrected chi connectivity index (χ2v) is 17.6. The number of amides is 12. The third kappa shape index (κ3) is 18.3. The molecule has 2 aliphatic heterocycles. The van der Waals surface area contributed by atoms with Gasteiger partial charge in [-0.15, -0.1) is 0 Å². The summed E-state index contributed by atoms with van der Waals surface area (Å²) in [4.78, 5) is 161. The molecule has 0 aromatic heterocycles. The molecule has 69 heavy (non-hydrogen) atoms. The lowest BCUT2D eigenvalue weighted by molar-refractivity contribution is -0.143. The van der Waals surface area contributed by atoms with Gasteiger partial charge in [-0.1, -0.05) is 46.2 Å². The van der Waals surface area contributed by atoms with Crippen molar-refractivity contribution in [2.24, 2.45) is 29.0 Å². The minimum atomic E-state index is -1.82. The number of nitrogens with one attached hydrogen (secondary N) is 8. The van der Waals surface area contributed by atoms with Gasteiger partial charge in [0.05, 0.1) is 19.5 Å². The van der Waals surface area contributed by atoms with Crippen LogP contribution in [0.3, 0.4) is 0 Å². The quantitative estimate of drug-likeness (QED) is 0.0703. The van der Waals surface area contributed by atoms with Crippen molar-refractivity contribution in [1.82, 2.24) is 47.4 Å². The van der Waals surface area contributed by atoms with E-state index in [1.807, 2.05) is 0 Å². The highest BCUT2D eigenvalue weighted by molar-refractivity contribution is 5.99. The second kappa shape index (κ2) is 26.9. The van der Waals surface area contributed by atoms with Crippen LogP contribution >= 0.6 is 0 Å². The number of primary amides is 3. The summed E-state index contributed by atoms with van der Waals surface area (Å²) in [7, 11) is 0. The Labute approximate surface area is 398 Å². The highest BCUT2D eigenvalue weighted by Crippen LogP contribution is 2.21. The van der Waals surface area contributed by atoms with E-state index in [2.05, 4.69) is 42.5 Å². The molecule has 2 fully saturated rings. The molecular weight excluding hydrogens is 905 g/mol. The maximum Gasteiger partial charge on any atom is 0.245 e. The van der Waals surface area contributed by atoms with E-state index in [-0.39, 0.29) is 37.5 Å². The Hall–Kier alpha value is -7.34. The number of phenolic OH excluding ortho intramolecular Hbond substituents is 1. The molecule has 8 atom stereocenters. The Morgan fingerprint density at radius 3 is 2.01 bits per heavy atom. The molecule has 0 radical (unpaired) electrons. The van der Waals surface area contributed by atoms with Crippen LogP contribution in [0.1, 0.15) is 91.0 Å². The van der Waals surface area contributed by atoms with Gasteiger partial charge in [0.1, 0.15) is 48.0 Å². The van der Waals surface area contributed by atoms with Gasteiger partial charge in [0, 0.05) is 25.8 Å². The summed E-state index contributed by atoms with van der Waals surface area (Å²) in [6.07, 6.45) is -1.97. The van der Waals surface area contributed by atoms with Crippen LogP contribution in [0.25, 0.3) is 0 Å². The van der Waals surface area contributed by atoms with E-state index in [0.29, 0.717) is 18.4 Å². The zero-order valence-electron chi connectivity index (χ0n) is 39.2. The topological polar surface area (TPSA) is 403 Å². The molecule has 1 aromatic rings. The number of carbonyl (C=O) groups is 12. The lowest BCUT2D eigenvalue weighted by Crippen LogP contribution is -2.61. The Morgan fingerprint density at radius 2 is 1.41 bits per heavy atom. The molecule has 3 rings (SSSR count). The summed E-state index contributed by atoms with van der Waals surface area (Å²) < 4.78 is 0. The van der Waals surface area contributed by atoms with Crippen molar-refractivity contribution in [2.75, 3.05) is 19.6 Å². The van der Waals surface area contributed by atoms with Crippen LogP contribution in [0.5, 0.6) is 5.75 Å². The van der Waals surface area contributed by atoms with Gasteiger partial charge in [0.2, 0.25) is 70.9 Å². The summed E-state index contributed by atoms with van der Waals surface area (Å²) >= 11 is 0. The van der Waals surface area contributed by atoms with Crippen LogP contribution in [-0.2, 0) is 64.0 Å². The molecule has 25 nitrogen and oxygen atoms in total. The molecule has 2 heterocycles. The minimum Gasteiger partial charge on any atom is -0.508 e. The maximum atomic E-state index is 14.4. The smallest absolute Gasteiger partial charge is 0.245 e. The van der Waals surface area contributed by atoms with Crippen LogP contribution in [0.4, 0.5) is 0 Å². The van der Waals surface area contributed by atoms with Crippen molar-refractivity contribution >= 4 is 70.9 Å². The Morgan fingerprint density at radius 1 is 0.768 bits per heavy atom. The molecule has 12 amide bonds. The van der Waals surface area contributed by atoms with Gasteiger partial charge in [-0.05, 0) is 61.6 Å². The normalized spacial score (nSPS) is 23.1. The van der Waals surface area contributed by atoms with E-state index < -0.39 is 164 Å². The molecule has 2 aliphatic rings. The first-order valence-electron chi connectivity index (χ1n) is 22.8. The number of aromatic hydroxyl groups is 1. The molecule has 1 aromatic carbocycles. The summed E-state index contributed by atoms with van der Waals surface area (Å²) in [5, 5.41) is 29.7. The van der Waals surface area contributed by atoms with E-state index in [1.165, 1.54) is 24.3 Å². The number of phenols is 1. The van der Waals surface area contributed by atoms with Crippen LogP contribution in [0.2, 0.25) is 0 Å². The average molecular weight is 971 g/mol. The summed E-state index contributed by atoms with van der Waals surface area (Å²) in [5.74, 6) is -11.5. The third-order valence-corrected chi connectivity index (χ3v) is 11.5. The fourth-order valence-electron chi connectivity index (χ4n) is 7.62. The fraction of sp³-hybridized carbons (Fsp3) is 0.591. The van der Waals surface area contributed by atoms with E-state index in [0.717, 1.165) is 4.90 Å².